The third-order valence-corrected chi connectivity index (χ3v) is 7.58. The van der Waals surface area contributed by atoms with Gasteiger partial charge in [0, 0.05) is 30.4 Å². The summed E-state index contributed by atoms with van der Waals surface area (Å²) in [6, 6.07) is 10.6. The number of halogens is 1. The van der Waals surface area contributed by atoms with Crippen molar-refractivity contribution >= 4 is 10.0 Å². The fourth-order valence-electron chi connectivity index (χ4n) is 4.12. The molecule has 6 nitrogen and oxygen atoms in total. The Bertz CT molecular complexity index is 1170. The Morgan fingerprint density at radius 1 is 1.17 bits per heavy atom. The number of hydrogen-bond donors (Lipinski definition) is 0. The lowest BCUT2D eigenvalue weighted by Crippen LogP contribution is -2.29. The molecule has 2 aromatic heterocycles. The summed E-state index contributed by atoms with van der Waals surface area (Å²) in [5, 5.41) is 3.78. The zero-order valence-corrected chi connectivity index (χ0v) is 18.0. The van der Waals surface area contributed by atoms with Crippen LogP contribution < -0.4 is 0 Å². The van der Waals surface area contributed by atoms with Gasteiger partial charge < -0.3 is 4.52 Å². The minimum absolute atomic E-state index is 0.00593. The standard InChI is InChI=1S/C22H24FN3O3S/c1-14-9-18(10-17-5-4-6-20(23)11-17)12-21(24-14)19-7-8-26(13-19)30(27,28)22-15(2)25-29-16(22)3/h4-6,9,11-12,19H,7-8,10,13H2,1-3H3. The van der Waals surface area contributed by atoms with Crippen molar-refractivity contribution < 1.29 is 17.3 Å². The molecule has 1 aliphatic rings. The van der Waals surface area contributed by atoms with Gasteiger partial charge in [-0.05, 0) is 69.0 Å². The number of benzene rings is 1. The number of rotatable bonds is 5. The van der Waals surface area contributed by atoms with Crippen LogP contribution in [0.3, 0.4) is 0 Å². The SMILES string of the molecule is Cc1cc(Cc2cccc(F)c2)cc(C2CCN(S(=O)(=O)c3c(C)noc3C)C2)n1. The van der Waals surface area contributed by atoms with Gasteiger partial charge in [-0.1, -0.05) is 17.3 Å². The highest BCUT2D eigenvalue weighted by Crippen LogP contribution is 2.33. The van der Waals surface area contributed by atoms with Gasteiger partial charge in [-0.15, -0.1) is 0 Å². The largest absolute Gasteiger partial charge is 0.360 e. The first-order valence-corrected chi connectivity index (χ1v) is 11.3. The van der Waals surface area contributed by atoms with Crippen molar-refractivity contribution in [2.75, 3.05) is 13.1 Å². The maximum atomic E-state index is 13.5. The number of aromatic nitrogens is 2. The Balaban J connectivity index is 1.56. The quantitative estimate of drug-likeness (QED) is 0.615. The van der Waals surface area contributed by atoms with Crippen molar-refractivity contribution in [2.45, 2.75) is 44.4 Å². The molecular formula is C22H24FN3O3S. The highest BCUT2D eigenvalue weighted by molar-refractivity contribution is 7.89. The first-order chi connectivity index (χ1) is 14.2. The Kier molecular flexibility index (Phi) is 5.46. The Hall–Kier alpha value is -2.58. The third-order valence-electron chi connectivity index (χ3n) is 5.47. The summed E-state index contributed by atoms with van der Waals surface area (Å²) in [7, 11) is -3.66. The third kappa shape index (κ3) is 4.02. The van der Waals surface area contributed by atoms with E-state index in [1.165, 1.54) is 16.4 Å². The Labute approximate surface area is 175 Å². The molecule has 4 rings (SSSR count). The van der Waals surface area contributed by atoms with Crippen LogP contribution >= 0.6 is 0 Å². The first kappa shape index (κ1) is 20.7. The molecule has 30 heavy (non-hydrogen) atoms. The van der Waals surface area contributed by atoms with Crippen LogP contribution in [0, 0.1) is 26.6 Å². The fourth-order valence-corrected chi connectivity index (χ4v) is 5.91. The molecule has 158 valence electrons. The number of hydrogen-bond acceptors (Lipinski definition) is 5. The van der Waals surface area contributed by atoms with E-state index in [9.17, 15) is 12.8 Å². The maximum absolute atomic E-state index is 13.5. The summed E-state index contributed by atoms with van der Waals surface area (Å²) in [6.45, 7) is 5.96. The second kappa shape index (κ2) is 7.92. The van der Waals surface area contributed by atoms with Crippen molar-refractivity contribution in [3.63, 3.8) is 0 Å². The molecule has 8 heteroatoms. The predicted molar refractivity (Wildman–Crippen MR) is 110 cm³/mol. The van der Waals surface area contributed by atoms with Crippen LogP contribution in [-0.4, -0.2) is 36.0 Å². The molecular weight excluding hydrogens is 405 g/mol. The lowest BCUT2D eigenvalue weighted by atomic mass is 9.98. The molecule has 1 fully saturated rings. The summed E-state index contributed by atoms with van der Waals surface area (Å²) >= 11 is 0. The van der Waals surface area contributed by atoms with Gasteiger partial charge in [-0.25, -0.2) is 12.8 Å². The zero-order chi connectivity index (χ0) is 21.5. The van der Waals surface area contributed by atoms with Gasteiger partial charge in [0.15, 0.2) is 5.76 Å². The molecule has 1 unspecified atom stereocenters. The smallest absolute Gasteiger partial charge is 0.248 e. The summed E-state index contributed by atoms with van der Waals surface area (Å²) in [5.74, 6) is 0.0582. The van der Waals surface area contributed by atoms with Crippen molar-refractivity contribution in [3.8, 4) is 0 Å². The van der Waals surface area contributed by atoms with Crippen LogP contribution in [0.4, 0.5) is 4.39 Å². The van der Waals surface area contributed by atoms with E-state index in [4.69, 9.17) is 4.52 Å². The van der Waals surface area contributed by atoms with Crippen LogP contribution in [0.2, 0.25) is 0 Å². The van der Waals surface area contributed by atoms with Crippen molar-refractivity contribution in [3.05, 3.63) is 76.2 Å². The molecule has 3 aromatic rings. The number of sulfonamides is 1. The van der Waals surface area contributed by atoms with Gasteiger partial charge in [-0.2, -0.15) is 4.31 Å². The lowest BCUT2D eigenvalue weighted by Gasteiger charge is -2.17. The van der Waals surface area contributed by atoms with Gasteiger partial charge in [0.1, 0.15) is 16.4 Å². The molecule has 1 aliphatic heterocycles. The highest BCUT2D eigenvalue weighted by Gasteiger charge is 2.37. The number of aryl methyl sites for hydroxylation is 3. The van der Waals surface area contributed by atoms with Crippen molar-refractivity contribution in [2.24, 2.45) is 0 Å². The molecule has 0 amide bonds. The molecule has 1 saturated heterocycles. The summed E-state index contributed by atoms with van der Waals surface area (Å²) in [4.78, 5) is 4.82. The van der Waals surface area contributed by atoms with Crippen LogP contribution in [-0.2, 0) is 16.4 Å². The molecule has 0 N–H and O–H groups in total. The summed E-state index contributed by atoms with van der Waals surface area (Å²) < 4.78 is 46.2. The lowest BCUT2D eigenvalue weighted by molar-refractivity contribution is 0.389. The van der Waals surface area contributed by atoms with Crippen LogP contribution in [0.5, 0.6) is 0 Å². The van der Waals surface area contributed by atoms with Crippen LogP contribution in [0.25, 0.3) is 0 Å². The van der Waals surface area contributed by atoms with E-state index >= 15 is 0 Å². The van der Waals surface area contributed by atoms with Gasteiger partial charge in [0.2, 0.25) is 10.0 Å². The number of pyridine rings is 1. The summed E-state index contributed by atoms with van der Waals surface area (Å²) in [6.07, 6.45) is 1.29. The van der Waals surface area contributed by atoms with E-state index < -0.39 is 10.0 Å². The van der Waals surface area contributed by atoms with Gasteiger partial charge in [0.05, 0.1) is 0 Å². The molecule has 0 saturated carbocycles. The fraction of sp³-hybridized carbons (Fsp3) is 0.364. The molecule has 3 heterocycles. The second-order valence-corrected chi connectivity index (χ2v) is 9.73. The van der Waals surface area contributed by atoms with Gasteiger partial charge in [0.25, 0.3) is 0 Å². The monoisotopic (exact) mass is 429 g/mol. The molecule has 0 bridgehead atoms. The second-order valence-electron chi connectivity index (χ2n) is 7.85. The predicted octanol–water partition coefficient (Wildman–Crippen LogP) is 3.90. The molecule has 1 atom stereocenters. The number of nitrogens with zero attached hydrogens (tertiary/aromatic N) is 3. The van der Waals surface area contributed by atoms with Gasteiger partial charge in [-0.3, -0.25) is 4.98 Å². The van der Waals surface area contributed by atoms with Crippen molar-refractivity contribution in [1.29, 1.82) is 0 Å². The normalized spacial score (nSPS) is 17.5. The zero-order valence-electron chi connectivity index (χ0n) is 17.2. The first-order valence-electron chi connectivity index (χ1n) is 9.89. The molecule has 1 aromatic carbocycles. The van der Waals surface area contributed by atoms with Gasteiger partial charge >= 0.3 is 0 Å². The van der Waals surface area contributed by atoms with Crippen molar-refractivity contribution in [1.82, 2.24) is 14.4 Å². The Morgan fingerprint density at radius 3 is 2.67 bits per heavy atom. The average molecular weight is 430 g/mol. The molecule has 0 aliphatic carbocycles. The van der Waals surface area contributed by atoms with E-state index in [1.807, 2.05) is 25.1 Å². The van der Waals surface area contributed by atoms with Crippen LogP contribution in [0.15, 0.2) is 45.8 Å². The van der Waals surface area contributed by atoms with E-state index in [-0.39, 0.29) is 16.6 Å². The Morgan fingerprint density at radius 2 is 1.97 bits per heavy atom. The van der Waals surface area contributed by atoms with E-state index in [0.29, 0.717) is 37.4 Å². The molecule has 0 spiro atoms. The topological polar surface area (TPSA) is 76.3 Å². The average Bonchev–Trinajstić information content (AvgIpc) is 3.29. The maximum Gasteiger partial charge on any atom is 0.248 e. The van der Waals surface area contributed by atoms with E-state index in [0.717, 1.165) is 22.5 Å². The highest BCUT2D eigenvalue weighted by atomic mass is 32.2. The van der Waals surface area contributed by atoms with Crippen LogP contribution in [0.1, 0.15) is 46.3 Å². The van der Waals surface area contributed by atoms with E-state index in [1.54, 1.807) is 19.9 Å². The van der Waals surface area contributed by atoms with E-state index in [2.05, 4.69) is 10.1 Å². The minimum atomic E-state index is -3.66. The summed E-state index contributed by atoms with van der Waals surface area (Å²) in [5.41, 5.74) is 4.04. The molecule has 0 radical (unpaired) electrons. The minimum Gasteiger partial charge on any atom is -0.360 e.